The molecule has 3 nitrogen and oxygen atoms in total. The highest BCUT2D eigenvalue weighted by atomic mass is 19.4. The molecular formula is C15H17F4NO2. The Balaban J connectivity index is 3.35. The lowest BCUT2D eigenvalue weighted by molar-refractivity contribution is -0.121. The number of carbonyl (C=O) groups excluding carboxylic acids is 1. The molecule has 0 aliphatic rings. The second-order valence-corrected chi connectivity index (χ2v) is 4.82. The molecule has 0 heterocycles. The maximum Gasteiger partial charge on any atom is 0.394 e. The minimum absolute atomic E-state index is 0.0868. The summed E-state index contributed by atoms with van der Waals surface area (Å²) in [5.74, 6) is -1.70. The summed E-state index contributed by atoms with van der Waals surface area (Å²) < 4.78 is 55.9. The van der Waals surface area contributed by atoms with Crippen LogP contribution in [0.5, 0.6) is 0 Å². The fraction of sp³-hybridized carbons (Fsp3) is 0.467. The van der Waals surface area contributed by atoms with Gasteiger partial charge in [0.1, 0.15) is 5.82 Å². The number of carbonyl (C=O) groups is 1. The molecule has 1 rings (SSSR count). The third-order valence-corrected chi connectivity index (χ3v) is 3.30. The average molecular weight is 319 g/mol. The molecule has 1 aromatic rings. The monoisotopic (exact) mass is 319 g/mol. The summed E-state index contributed by atoms with van der Waals surface area (Å²) in [6.45, 7) is 4.62. The van der Waals surface area contributed by atoms with Crippen LogP contribution in [0.25, 0.3) is 0 Å². The highest BCUT2D eigenvalue weighted by molar-refractivity contribution is 5.93. The van der Waals surface area contributed by atoms with Gasteiger partial charge in [-0.2, -0.15) is 13.2 Å². The van der Waals surface area contributed by atoms with E-state index in [1.165, 1.54) is 6.92 Å². The normalized spacial score (nSPS) is 12.5. The molecule has 0 N–H and O–H groups in total. The van der Waals surface area contributed by atoms with Gasteiger partial charge in [0.25, 0.3) is 0 Å². The number of aliphatic imine (C=N–C) groups is 1. The van der Waals surface area contributed by atoms with E-state index in [4.69, 9.17) is 0 Å². The van der Waals surface area contributed by atoms with Gasteiger partial charge in [-0.15, -0.1) is 0 Å². The molecule has 0 saturated heterocycles. The standard InChI is InChI=1S/C15H17F4NO2/c1-5-10(7-15(17,18)19)20-12-6-11(16)13(14(21)22-4)9(3)8(12)2/h6H,5,7H2,1-4H3. The number of ether oxygens (including phenoxy) is 1. The van der Waals surface area contributed by atoms with Gasteiger partial charge in [-0.1, -0.05) is 6.92 Å². The minimum atomic E-state index is -4.37. The molecule has 122 valence electrons. The van der Waals surface area contributed by atoms with Gasteiger partial charge >= 0.3 is 12.1 Å². The third-order valence-electron chi connectivity index (χ3n) is 3.30. The quantitative estimate of drug-likeness (QED) is 0.460. The van der Waals surface area contributed by atoms with Crippen molar-refractivity contribution in [2.75, 3.05) is 7.11 Å². The van der Waals surface area contributed by atoms with E-state index in [0.717, 1.165) is 13.2 Å². The molecule has 0 aromatic heterocycles. The molecule has 0 aliphatic carbocycles. The molecule has 0 radical (unpaired) electrons. The van der Waals surface area contributed by atoms with E-state index in [-0.39, 0.29) is 23.4 Å². The first kappa shape index (κ1) is 18.1. The van der Waals surface area contributed by atoms with E-state index < -0.39 is 24.4 Å². The smallest absolute Gasteiger partial charge is 0.394 e. The Hall–Kier alpha value is -1.92. The fourth-order valence-corrected chi connectivity index (χ4v) is 1.97. The number of methoxy groups -OCH3 is 1. The highest BCUT2D eigenvalue weighted by Gasteiger charge is 2.29. The Morgan fingerprint density at radius 2 is 1.86 bits per heavy atom. The van der Waals surface area contributed by atoms with E-state index >= 15 is 0 Å². The Morgan fingerprint density at radius 3 is 2.32 bits per heavy atom. The van der Waals surface area contributed by atoms with E-state index in [9.17, 15) is 22.4 Å². The second kappa shape index (κ2) is 6.89. The maximum absolute atomic E-state index is 14.0. The molecule has 0 saturated carbocycles. The van der Waals surface area contributed by atoms with E-state index in [1.807, 2.05) is 0 Å². The topological polar surface area (TPSA) is 38.7 Å². The van der Waals surface area contributed by atoms with Crippen LogP contribution in [0, 0.1) is 19.7 Å². The van der Waals surface area contributed by atoms with Gasteiger partial charge < -0.3 is 4.74 Å². The summed E-state index contributed by atoms with van der Waals surface area (Å²) in [6, 6.07) is 0.959. The summed E-state index contributed by atoms with van der Waals surface area (Å²) in [4.78, 5) is 15.5. The summed E-state index contributed by atoms with van der Waals surface area (Å²) in [5, 5.41) is 0. The van der Waals surface area contributed by atoms with Crippen LogP contribution in [-0.2, 0) is 4.74 Å². The van der Waals surface area contributed by atoms with Crippen LogP contribution < -0.4 is 0 Å². The van der Waals surface area contributed by atoms with Gasteiger partial charge in [0.05, 0.1) is 24.8 Å². The fourth-order valence-electron chi connectivity index (χ4n) is 1.97. The van der Waals surface area contributed by atoms with Crippen LogP contribution in [0.15, 0.2) is 11.1 Å². The summed E-state index contributed by atoms with van der Waals surface area (Å²) in [6.07, 6.45) is -5.43. The largest absolute Gasteiger partial charge is 0.465 e. The lowest BCUT2D eigenvalue weighted by Gasteiger charge is -2.13. The first-order valence-electron chi connectivity index (χ1n) is 6.61. The number of nitrogens with zero attached hydrogens (tertiary/aromatic N) is 1. The third kappa shape index (κ3) is 4.29. The maximum atomic E-state index is 14.0. The van der Waals surface area contributed by atoms with Crippen LogP contribution in [0.1, 0.15) is 41.3 Å². The van der Waals surface area contributed by atoms with Gasteiger partial charge in [-0.3, -0.25) is 4.99 Å². The number of alkyl halides is 3. The van der Waals surface area contributed by atoms with Crippen LogP contribution in [-0.4, -0.2) is 25.0 Å². The molecule has 0 atom stereocenters. The number of halogens is 4. The van der Waals surface area contributed by atoms with Crippen molar-refractivity contribution in [2.24, 2.45) is 4.99 Å². The molecule has 0 fully saturated rings. The van der Waals surface area contributed by atoms with E-state index in [2.05, 4.69) is 9.73 Å². The van der Waals surface area contributed by atoms with Crippen molar-refractivity contribution < 1.29 is 27.1 Å². The van der Waals surface area contributed by atoms with Gasteiger partial charge in [0.2, 0.25) is 0 Å². The first-order chi connectivity index (χ1) is 10.1. The van der Waals surface area contributed by atoms with Crippen molar-refractivity contribution >= 4 is 17.4 Å². The minimum Gasteiger partial charge on any atom is -0.465 e. The Bertz CT molecular complexity index is 607. The van der Waals surface area contributed by atoms with Crippen molar-refractivity contribution in [1.82, 2.24) is 0 Å². The van der Waals surface area contributed by atoms with Crippen LogP contribution in [0.3, 0.4) is 0 Å². The number of hydrogen-bond acceptors (Lipinski definition) is 3. The SMILES string of the molecule is CCC(CC(F)(F)F)=Nc1cc(F)c(C(=O)OC)c(C)c1C. The van der Waals surface area contributed by atoms with Crippen LogP contribution in [0.4, 0.5) is 23.2 Å². The number of hydrogen-bond donors (Lipinski definition) is 0. The Labute approximate surface area is 126 Å². The molecule has 0 bridgehead atoms. The van der Waals surface area contributed by atoms with Crippen molar-refractivity contribution in [1.29, 1.82) is 0 Å². The summed E-state index contributed by atoms with van der Waals surface area (Å²) >= 11 is 0. The molecule has 0 unspecified atom stereocenters. The lowest BCUT2D eigenvalue weighted by atomic mass is 10.0. The second-order valence-electron chi connectivity index (χ2n) is 4.82. The van der Waals surface area contributed by atoms with Gasteiger partial charge in [-0.05, 0) is 31.4 Å². The van der Waals surface area contributed by atoms with Crippen molar-refractivity contribution in [3.8, 4) is 0 Å². The zero-order valence-corrected chi connectivity index (χ0v) is 12.8. The number of benzene rings is 1. The first-order valence-corrected chi connectivity index (χ1v) is 6.61. The van der Waals surface area contributed by atoms with Crippen LogP contribution >= 0.6 is 0 Å². The van der Waals surface area contributed by atoms with E-state index in [0.29, 0.717) is 11.1 Å². The predicted molar refractivity (Wildman–Crippen MR) is 75.3 cm³/mol. The molecule has 7 heteroatoms. The molecule has 0 spiro atoms. The zero-order chi connectivity index (χ0) is 17.1. The van der Waals surface area contributed by atoms with Gasteiger partial charge in [0, 0.05) is 11.8 Å². The van der Waals surface area contributed by atoms with Crippen LogP contribution in [0.2, 0.25) is 0 Å². The number of esters is 1. The van der Waals surface area contributed by atoms with Crippen molar-refractivity contribution in [2.45, 2.75) is 39.8 Å². The average Bonchev–Trinajstić information content (AvgIpc) is 2.41. The predicted octanol–water partition coefficient (Wildman–Crippen LogP) is 4.66. The molecular weight excluding hydrogens is 302 g/mol. The van der Waals surface area contributed by atoms with Crippen molar-refractivity contribution in [3.63, 3.8) is 0 Å². The number of rotatable bonds is 4. The lowest BCUT2D eigenvalue weighted by Crippen LogP contribution is -2.14. The summed E-state index contributed by atoms with van der Waals surface area (Å²) in [5.41, 5.74) is 0.500. The Kier molecular flexibility index (Phi) is 5.68. The van der Waals surface area contributed by atoms with Gasteiger partial charge in [-0.25, -0.2) is 9.18 Å². The summed E-state index contributed by atoms with van der Waals surface area (Å²) in [7, 11) is 1.13. The van der Waals surface area contributed by atoms with Crippen molar-refractivity contribution in [3.05, 3.63) is 28.6 Å². The molecule has 1 aromatic carbocycles. The molecule has 22 heavy (non-hydrogen) atoms. The zero-order valence-electron chi connectivity index (χ0n) is 12.8. The van der Waals surface area contributed by atoms with E-state index in [1.54, 1.807) is 13.8 Å². The molecule has 0 amide bonds. The molecule has 0 aliphatic heterocycles. The highest BCUT2D eigenvalue weighted by Crippen LogP contribution is 2.30. The van der Waals surface area contributed by atoms with Gasteiger partial charge in [0.15, 0.2) is 0 Å². The Morgan fingerprint density at radius 1 is 1.27 bits per heavy atom.